The van der Waals surface area contributed by atoms with Gasteiger partial charge in [0.25, 0.3) is 5.91 Å². The van der Waals surface area contributed by atoms with E-state index in [2.05, 4.69) is 26.5 Å². The molecule has 4 heterocycles. The summed E-state index contributed by atoms with van der Waals surface area (Å²) in [5.74, 6) is -0.576. The Morgan fingerprint density at radius 2 is 1.97 bits per heavy atom. The summed E-state index contributed by atoms with van der Waals surface area (Å²) >= 11 is 0. The van der Waals surface area contributed by atoms with Gasteiger partial charge in [0.05, 0.1) is 18.2 Å². The molecule has 0 aliphatic carbocycles. The van der Waals surface area contributed by atoms with E-state index in [1.165, 1.54) is 12.1 Å². The lowest BCUT2D eigenvalue weighted by Crippen LogP contribution is -2.48. The molecule has 5 rings (SSSR count). The minimum atomic E-state index is -0.631. The number of nitrogens with one attached hydrogen (secondary N) is 3. The van der Waals surface area contributed by atoms with Gasteiger partial charge in [0.1, 0.15) is 17.3 Å². The number of anilines is 1. The molecule has 1 aromatic carbocycles. The molecule has 4 N–H and O–H groups in total. The van der Waals surface area contributed by atoms with Crippen LogP contribution < -0.4 is 16.4 Å². The molecule has 1 fully saturated rings. The molecule has 0 radical (unpaired) electrons. The molecule has 0 unspecified atom stereocenters. The zero-order chi connectivity index (χ0) is 25.2. The minimum absolute atomic E-state index is 0.00198. The standard InChI is InChI=1S/C24H29FN8O3/c1-15(14-34)33-22(28-29-30-33)20-5-4-6-21(26-20)27-23(35)18-11-17-13-32(10-7-16(17)12-19(18)25)24(36)31-8-2-3-9-31/h4-6,11-12,15,29-30,34H,2-3,7-10,13-14H2,1H3,(H,26,27,35)/t15-/m1/s1. The van der Waals surface area contributed by atoms with Crippen LogP contribution in [-0.4, -0.2) is 75.0 Å². The van der Waals surface area contributed by atoms with Crippen molar-refractivity contribution in [1.29, 1.82) is 0 Å². The zero-order valence-electron chi connectivity index (χ0n) is 20.0. The largest absolute Gasteiger partial charge is 0.394 e. The van der Waals surface area contributed by atoms with Crippen LogP contribution in [0.15, 0.2) is 35.4 Å². The van der Waals surface area contributed by atoms with Crippen molar-refractivity contribution in [1.82, 2.24) is 30.9 Å². The van der Waals surface area contributed by atoms with E-state index >= 15 is 0 Å². The second-order valence-corrected chi connectivity index (χ2v) is 9.17. The van der Waals surface area contributed by atoms with Crippen molar-refractivity contribution in [2.24, 2.45) is 5.10 Å². The normalized spacial score (nSPS) is 18.0. The van der Waals surface area contributed by atoms with Crippen molar-refractivity contribution in [2.45, 2.75) is 38.8 Å². The number of hydrazone groups is 1. The number of hydrazine groups is 2. The number of aliphatic hydroxyl groups is 1. The van der Waals surface area contributed by atoms with Crippen LogP contribution in [0.5, 0.6) is 0 Å². The fourth-order valence-corrected chi connectivity index (χ4v) is 4.66. The number of likely N-dealkylation sites (tertiary alicyclic amines) is 1. The lowest BCUT2D eigenvalue weighted by molar-refractivity contribution is 0.102. The van der Waals surface area contributed by atoms with Crippen molar-refractivity contribution >= 4 is 23.6 Å². The Balaban J connectivity index is 1.32. The Morgan fingerprint density at radius 3 is 2.75 bits per heavy atom. The van der Waals surface area contributed by atoms with Gasteiger partial charge in [0.15, 0.2) is 5.84 Å². The first-order valence-corrected chi connectivity index (χ1v) is 12.1. The molecule has 0 saturated carbocycles. The van der Waals surface area contributed by atoms with E-state index in [0.717, 1.165) is 37.1 Å². The van der Waals surface area contributed by atoms with Gasteiger partial charge < -0.3 is 20.2 Å². The number of urea groups is 1. The van der Waals surface area contributed by atoms with Crippen LogP contribution in [0, 0.1) is 5.82 Å². The van der Waals surface area contributed by atoms with Crippen LogP contribution in [0.2, 0.25) is 0 Å². The summed E-state index contributed by atoms with van der Waals surface area (Å²) in [5, 5.41) is 17.9. The van der Waals surface area contributed by atoms with E-state index in [1.54, 1.807) is 35.0 Å². The van der Waals surface area contributed by atoms with Crippen LogP contribution in [0.25, 0.3) is 0 Å². The summed E-state index contributed by atoms with van der Waals surface area (Å²) in [5.41, 5.74) is 7.38. The molecule has 36 heavy (non-hydrogen) atoms. The molecule has 12 heteroatoms. The first-order chi connectivity index (χ1) is 17.4. The number of amides is 3. The number of aliphatic hydroxyl groups excluding tert-OH is 1. The highest BCUT2D eigenvalue weighted by Crippen LogP contribution is 2.25. The van der Waals surface area contributed by atoms with Crippen molar-refractivity contribution in [3.8, 4) is 0 Å². The van der Waals surface area contributed by atoms with Crippen LogP contribution in [0.3, 0.4) is 0 Å². The highest BCUT2D eigenvalue weighted by molar-refractivity contribution is 6.04. The van der Waals surface area contributed by atoms with E-state index in [-0.39, 0.29) is 30.1 Å². The van der Waals surface area contributed by atoms with E-state index in [0.29, 0.717) is 31.0 Å². The predicted octanol–water partition coefficient (Wildman–Crippen LogP) is 1.41. The van der Waals surface area contributed by atoms with E-state index in [4.69, 9.17) is 0 Å². The Bertz CT molecular complexity index is 1200. The first kappa shape index (κ1) is 23.9. The van der Waals surface area contributed by atoms with Gasteiger partial charge in [-0.3, -0.25) is 9.80 Å². The van der Waals surface area contributed by atoms with Crippen molar-refractivity contribution in [2.75, 3.05) is 31.6 Å². The van der Waals surface area contributed by atoms with Gasteiger partial charge >= 0.3 is 6.03 Å². The zero-order valence-corrected chi connectivity index (χ0v) is 20.0. The molecule has 0 bridgehead atoms. The third-order valence-electron chi connectivity index (χ3n) is 6.68. The molecular formula is C24H29FN8O3. The topological polar surface area (TPSA) is 125 Å². The van der Waals surface area contributed by atoms with Gasteiger partial charge in [0, 0.05) is 26.2 Å². The predicted molar refractivity (Wildman–Crippen MR) is 130 cm³/mol. The fraction of sp³-hybridized carbons (Fsp3) is 0.417. The maximum Gasteiger partial charge on any atom is 0.320 e. The Morgan fingerprint density at radius 1 is 1.17 bits per heavy atom. The number of pyridine rings is 1. The molecule has 2 aromatic rings. The van der Waals surface area contributed by atoms with Crippen molar-refractivity contribution in [3.63, 3.8) is 0 Å². The number of halogens is 1. The molecule has 3 aliphatic rings. The maximum atomic E-state index is 14.9. The smallest absolute Gasteiger partial charge is 0.320 e. The lowest BCUT2D eigenvalue weighted by Gasteiger charge is -2.32. The van der Waals surface area contributed by atoms with Gasteiger partial charge in [-0.15, -0.1) is 10.6 Å². The summed E-state index contributed by atoms with van der Waals surface area (Å²) in [4.78, 5) is 33.9. The molecule has 190 valence electrons. The molecular weight excluding hydrogens is 467 g/mol. The molecule has 1 aromatic heterocycles. The van der Waals surface area contributed by atoms with Crippen LogP contribution in [-0.2, 0) is 13.0 Å². The van der Waals surface area contributed by atoms with Gasteiger partial charge in [-0.25, -0.2) is 19.7 Å². The molecule has 11 nitrogen and oxygen atoms in total. The SMILES string of the molecule is C[C@H](CO)N1NNN=C1c1cccc(NC(=O)c2cc3c(cc2F)CCN(C(=O)N2CCCC2)C3)n1. The van der Waals surface area contributed by atoms with E-state index < -0.39 is 11.7 Å². The number of carbonyl (C=O) groups is 2. The summed E-state index contributed by atoms with van der Waals surface area (Å²) in [6, 6.07) is 7.66. The fourth-order valence-electron chi connectivity index (χ4n) is 4.66. The Kier molecular flexibility index (Phi) is 6.70. The lowest BCUT2D eigenvalue weighted by atomic mass is 9.96. The third kappa shape index (κ3) is 4.69. The number of hydrogen-bond acceptors (Lipinski definition) is 8. The Hall–Kier alpha value is -3.77. The van der Waals surface area contributed by atoms with Gasteiger partial charge in [0.2, 0.25) is 0 Å². The third-order valence-corrected chi connectivity index (χ3v) is 6.68. The minimum Gasteiger partial charge on any atom is -0.394 e. The number of rotatable bonds is 5. The highest BCUT2D eigenvalue weighted by Gasteiger charge is 2.29. The average molecular weight is 497 g/mol. The first-order valence-electron chi connectivity index (χ1n) is 12.1. The number of carbonyl (C=O) groups excluding carboxylic acids is 2. The summed E-state index contributed by atoms with van der Waals surface area (Å²) in [6.45, 7) is 4.10. The van der Waals surface area contributed by atoms with Gasteiger partial charge in [-0.1, -0.05) is 6.07 Å². The second-order valence-electron chi connectivity index (χ2n) is 9.17. The molecule has 3 aliphatic heterocycles. The average Bonchev–Trinajstić information content (AvgIpc) is 3.60. The molecule has 1 atom stereocenters. The second kappa shape index (κ2) is 10.1. The molecule has 1 saturated heterocycles. The van der Waals surface area contributed by atoms with Gasteiger partial charge in [-0.05, 0) is 61.6 Å². The number of hydrogen-bond donors (Lipinski definition) is 4. The van der Waals surface area contributed by atoms with Gasteiger partial charge in [-0.2, -0.15) is 0 Å². The number of fused-ring (bicyclic) bond motifs is 1. The van der Waals surface area contributed by atoms with Crippen LogP contribution in [0.1, 0.15) is 46.9 Å². The van der Waals surface area contributed by atoms with Crippen LogP contribution >= 0.6 is 0 Å². The number of benzene rings is 1. The number of nitrogens with zero attached hydrogens (tertiary/aromatic N) is 5. The summed E-state index contributed by atoms with van der Waals surface area (Å²) < 4.78 is 14.9. The number of amidine groups is 1. The van der Waals surface area contributed by atoms with Crippen molar-refractivity contribution in [3.05, 3.63) is 58.5 Å². The van der Waals surface area contributed by atoms with Crippen molar-refractivity contribution < 1.29 is 19.1 Å². The highest BCUT2D eigenvalue weighted by atomic mass is 19.1. The summed E-state index contributed by atoms with van der Waals surface area (Å²) in [6.07, 6.45) is 2.57. The van der Waals surface area contributed by atoms with E-state index in [1.807, 2.05) is 4.90 Å². The Labute approximate surface area is 207 Å². The monoisotopic (exact) mass is 496 g/mol. The quantitative estimate of drug-likeness (QED) is 0.493. The van der Waals surface area contributed by atoms with Crippen LogP contribution in [0.4, 0.5) is 15.0 Å². The summed E-state index contributed by atoms with van der Waals surface area (Å²) in [7, 11) is 0. The number of aromatic nitrogens is 1. The molecule has 3 amide bonds. The maximum absolute atomic E-state index is 14.9. The van der Waals surface area contributed by atoms with E-state index in [9.17, 15) is 19.1 Å². The molecule has 0 spiro atoms.